The molecule has 0 saturated carbocycles. The lowest BCUT2D eigenvalue weighted by Gasteiger charge is -2.07. The molecule has 0 saturated heterocycles. The standard InChI is InChI=1S/C12H13FO5S/c1-3-18-8-11(12(14)17-2)19(15,16)10-6-4-9(13)5-7-10/h4-8H,3H2,1-2H3. The summed E-state index contributed by atoms with van der Waals surface area (Å²) in [4.78, 5) is 10.6. The van der Waals surface area contributed by atoms with Gasteiger partial charge in [-0.25, -0.2) is 17.6 Å². The minimum Gasteiger partial charge on any atom is -0.500 e. The van der Waals surface area contributed by atoms with Crippen LogP contribution in [0, 0.1) is 5.82 Å². The van der Waals surface area contributed by atoms with Crippen LogP contribution in [-0.4, -0.2) is 28.1 Å². The van der Waals surface area contributed by atoms with Crippen molar-refractivity contribution in [1.29, 1.82) is 0 Å². The first-order valence-electron chi connectivity index (χ1n) is 5.34. The number of esters is 1. The van der Waals surface area contributed by atoms with Gasteiger partial charge in [0.05, 0.1) is 18.6 Å². The minimum absolute atomic E-state index is 0.194. The molecule has 0 bridgehead atoms. The van der Waals surface area contributed by atoms with Crippen molar-refractivity contribution in [3.05, 3.63) is 41.2 Å². The number of carbonyl (C=O) groups excluding carboxylic acids is 1. The van der Waals surface area contributed by atoms with Crippen LogP contribution in [0.2, 0.25) is 0 Å². The van der Waals surface area contributed by atoms with Gasteiger partial charge >= 0.3 is 5.97 Å². The van der Waals surface area contributed by atoms with Crippen molar-refractivity contribution in [1.82, 2.24) is 0 Å². The zero-order chi connectivity index (χ0) is 14.5. The summed E-state index contributed by atoms with van der Waals surface area (Å²) in [7, 11) is -3.05. The second kappa shape index (κ2) is 6.33. The van der Waals surface area contributed by atoms with Crippen molar-refractivity contribution in [3.63, 3.8) is 0 Å². The molecule has 7 heteroatoms. The van der Waals surface area contributed by atoms with Crippen molar-refractivity contribution in [2.75, 3.05) is 13.7 Å². The van der Waals surface area contributed by atoms with Crippen LogP contribution in [0.15, 0.2) is 40.3 Å². The summed E-state index contributed by atoms with van der Waals surface area (Å²) in [5.74, 6) is -1.62. The third kappa shape index (κ3) is 3.54. The Balaban J connectivity index is 3.27. The molecule has 19 heavy (non-hydrogen) atoms. The van der Waals surface area contributed by atoms with Gasteiger partial charge in [-0.3, -0.25) is 0 Å². The molecule has 0 atom stereocenters. The Morgan fingerprint density at radius 3 is 2.37 bits per heavy atom. The number of ether oxygens (including phenoxy) is 2. The Morgan fingerprint density at radius 1 is 1.32 bits per heavy atom. The van der Waals surface area contributed by atoms with E-state index in [0.29, 0.717) is 0 Å². The zero-order valence-corrected chi connectivity index (χ0v) is 11.2. The van der Waals surface area contributed by atoms with Gasteiger partial charge in [0.2, 0.25) is 9.84 Å². The van der Waals surface area contributed by atoms with Crippen molar-refractivity contribution in [3.8, 4) is 0 Å². The SMILES string of the molecule is CCOC=C(C(=O)OC)S(=O)(=O)c1ccc(F)cc1. The third-order valence-corrected chi connectivity index (χ3v) is 3.89. The Kier molecular flexibility index (Phi) is 5.05. The van der Waals surface area contributed by atoms with Gasteiger partial charge in [0.25, 0.3) is 0 Å². The van der Waals surface area contributed by atoms with Gasteiger partial charge in [0.1, 0.15) is 12.1 Å². The Hall–Kier alpha value is -1.89. The van der Waals surface area contributed by atoms with Crippen molar-refractivity contribution in [2.45, 2.75) is 11.8 Å². The van der Waals surface area contributed by atoms with E-state index in [1.165, 1.54) is 0 Å². The molecule has 0 aliphatic heterocycles. The molecule has 1 rings (SSSR count). The topological polar surface area (TPSA) is 69.7 Å². The van der Waals surface area contributed by atoms with Crippen LogP contribution in [0.3, 0.4) is 0 Å². The quantitative estimate of drug-likeness (QED) is 0.356. The molecule has 1 aromatic carbocycles. The van der Waals surface area contributed by atoms with Crippen LogP contribution >= 0.6 is 0 Å². The molecule has 0 fully saturated rings. The number of sulfone groups is 1. The lowest BCUT2D eigenvalue weighted by Crippen LogP contribution is -2.16. The first-order chi connectivity index (χ1) is 8.93. The third-order valence-electron chi connectivity index (χ3n) is 2.16. The minimum atomic E-state index is -4.11. The van der Waals surface area contributed by atoms with Gasteiger partial charge in [0, 0.05) is 0 Å². The summed E-state index contributed by atoms with van der Waals surface area (Å²) in [6, 6.07) is 4.10. The van der Waals surface area contributed by atoms with E-state index in [1.807, 2.05) is 0 Å². The van der Waals surface area contributed by atoms with Gasteiger partial charge < -0.3 is 9.47 Å². The molecule has 104 valence electrons. The van der Waals surface area contributed by atoms with Gasteiger partial charge in [-0.1, -0.05) is 0 Å². The summed E-state index contributed by atoms with van der Waals surface area (Å²) in [5, 5.41) is 0. The van der Waals surface area contributed by atoms with E-state index in [-0.39, 0.29) is 11.5 Å². The van der Waals surface area contributed by atoms with Gasteiger partial charge in [-0.15, -0.1) is 0 Å². The highest BCUT2D eigenvalue weighted by atomic mass is 32.2. The van der Waals surface area contributed by atoms with E-state index in [4.69, 9.17) is 4.74 Å². The first-order valence-corrected chi connectivity index (χ1v) is 6.82. The van der Waals surface area contributed by atoms with E-state index in [9.17, 15) is 17.6 Å². The number of hydrogen-bond acceptors (Lipinski definition) is 5. The lowest BCUT2D eigenvalue weighted by molar-refractivity contribution is -0.135. The monoisotopic (exact) mass is 288 g/mol. The van der Waals surface area contributed by atoms with Gasteiger partial charge in [-0.2, -0.15) is 0 Å². The normalized spacial score (nSPS) is 12.1. The van der Waals surface area contributed by atoms with Crippen LogP contribution in [0.25, 0.3) is 0 Å². The fraction of sp³-hybridized carbons (Fsp3) is 0.250. The van der Waals surface area contributed by atoms with E-state index < -0.39 is 26.5 Å². The fourth-order valence-corrected chi connectivity index (χ4v) is 2.47. The summed E-state index contributed by atoms with van der Waals surface area (Å²) in [6.07, 6.45) is 0.824. The predicted octanol–water partition coefficient (Wildman–Crippen LogP) is 1.65. The van der Waals surface area contributed by atoms with E-state index >= 15 is 0 Å². The van der Waals surface area contributed by atoms with E-state index in [0.717, 1.165) is 37.6 Å². The van der Waals surface area contributed by atoms with Gasteiger partial charge in [0.15, 0.2) is 4.91 Å². The molecule has 0 aliphatic carbocycles. The van der Waals surface area contributed by atoms with Crippen LogP contribution in [0.1, 0.15) is 6.92 Å². The summed E-state index contributed by atoms with van der Waals surface area (Å²) < 4.78 is 46.4. The molecular formula is C12H13FO5S. The lowest BCUT2D eigenvalue weighted by atomic mass is 10.4. The number of methoxy groups -OCH3 is 1. The molecule has 0 N–H and O–H groups in total. The van der Waals surface area contributed by atoms with Crippen LogP contribution in [0.4, 0.5) is 4.39 Å². The highest BCUT2D eigenvalue weighted by Gasteiger charge is 2.28. The largest absolute Gasteiger partial charge is 0.500 e. The maximum absolute atomic E-state index is 12.8. The maximum atomic E-state index is 12.8. The van der Waals surface area contributed by atoms with Crippen LogP contribution in [0.5, 0.6) is 0 Å². The maximum Gasteiger partial charge on any atom is 0.353 e. The molecule has 1 aromatic rings. The highest BCUT2D eigenvalue weighted by molar-refractivity contribution is 7.96. The highest BCUT2D eigenvalue weighted by Crippen LogP contribution is 2.20. The zero-order valence-electron chi connectivity index (χ0n) is 10.4. The number of rotatable bonds is 5. The second-order valence-corrected chi connectivity index (χ2v) is 5.30. The Morgan fingerprint density at radius 2 is 1.89 bits per heavy atom. The Bertz CT molecular complexity index is 575. The van der Waals surface area contributed by atoms with Crippen LogP contribution < -0.4 is 0 Å². The van der Waals surface area contributed by atoms with Crippen molar-refractivity contribution >= 4 is 15.8 Å². The molecule has 5 nitrogen and oxygen atoms in total. The van der Waals surface area contributed by atoms with E-state index in [2.05, 4.69) is 4.74 Å². The molecule has 0 amide bonds. The average molecular weight is 288 g/mol. The molecule has 0 heterocycles. The second-order valence-electron chi connectivity index (χ2n) is 3.39. The molecule has 0 aliphatic rings. The number of halogens is 1. The predicted molar refractivity (Wildman–Crippen MR) is 65.3 cm³/mol. The van der Waals surface area contributed by atoms with Crippen LogP contribution in [-0.2, 0) is 24.1 Å². The smallest absolute Gasteiger partial charge is 0.353 e. The number of carbonyl (C=O) groups is 1. The number of hydrogen-bond donors (Lipinski definition) is 0. The molecule has 0 unspecified atom stereocenters. The van der Waals surface area contributed by atoms with Crippen molar-refractivity contribution in [2.24, 2.45) is 0 Å². The fourth-order valence-electron chi connectivity index (χ4n) is 1.22. The first kappa shape index (κ1) is 15.2. The van der Waals surface area contributed by atoms with Gasteiger partial charge in [-0.05, 0) is 31.2 Å². The van der Waals surface area contributed by atoms with E-state index in [1.54, 1.807) is 6.92 Å². The molecular weight excluding hydrogens is 275 g/mol. The molecule has 0 spiro atoms. The average Bonchev–Trinajstić information content (AvgIpc) is 2.39. The molecule has 0 radical (unpaired) electrons. The number of benzene rings is 1. The molecule has 0 aromatic heterocycles. The summed E-state index contributed by atoms with van der Waals surface area (Å²) >= 11 is 0. The Labute approximate surface area is 110 Å². The summed E-state index contributed by atoms with van der Waals surface area (Å²) in [5.41, 5.74) is 0. The summed E-state index contributed by atoms with van der Waals surface area (Å²) in [6.45, 7) is 1.83. The van der Waals surface area contributed by atoms with Crippen molar-refractivity contribution < 1.29 is 27.1 Å².